The lowest BCUT2D eigenvalue weighted by Crippen LogP contribution is -2.22. The molecule has 0 aliphatic carbocycles. The van der Waals surface area contributed by atoms with Crippen LogP contribution in [0.3, 0.4) is 0 Å². The van der Waals surface area contributed by atoms with E-state index < -0.39 is 20.0 Å². The molecule has 0 fully saturated rings. The van der Waals surface area contributed by atoms with Crippen molar-refractivity contribution < 1.29 is 16.8 Å². The van der Waals surface area contributed by atoms with Crippen LogP contribution in [-0.2, 0) is 20.0 Å². The van der Waals surface area contributed by atoms with Crippen LogP contribution in [0.25, 0.3) is 0 Å². The Labute approximate surface area is 140 Å². The van der Waals surface area contributed by atoms with E-state index in [-0.39, 0.29) is 20.5 Å². The minimum atomic E-state index is -3.92. The number of sulfonamides is 2. The van der Waals surface area contributed by atoms with Gasteiger partial charge in [-0.3, -0.25) is 4.72 Å². The smallest absolute Gasteiger partial charge is 0.263 e. The highest BCUT2D eigenvalue weighted by Gasteiger charge is 2.20. The van der Waals surface area contributed by atoms with Crippen LogP contribution in [0, 0.1) is 0 Å². The molecule has 124 valence electrons. The Hall–Kier alpha value is -1.61. The third kappa shape index (κ3) is 3.84. The summed E-state index contributed by atoms with van der Waals surface area (Å²) in [7, 11) is -4.77. The minimum absolute atomic E-state index is 0.0122. The van der Waals surface area contributed by atoms with Gasteiger partial charge in [0.1, 0.15) is 4.90 Å². The molecule has 0 spiro atoms. The molecule has 2 aromatic rings. The third-order valence-electron chi connectivity index (χ3n) is 2.99. The normalized spacial score (nSPS) is 12.3. The van der Waals surface area contributed by atoms with Crippen LogP contribution in [0.15, 0.2) is 58.3 Å². The van der Waals surface area contributed by atoms with Gasteiger partial charge >= 0.3 is 0 Å². The van der Waals surface area contributed by atoms with E-state index >= 15 is 0 Å². The highest BCUT2D eigenvalue weighted by atomic mass is 35.5. The first-order valence-corrected chi connectivity index (χ1v) is 9.74. The molecule has 1 N–H and O–H groups in total. The molecule has 2 rings (SSSR count). The maximum absolute atomic E-state index is 12.4. The first kappa shape index (κ1) is 17.7. The lowest BCUT2D eigenvalue weighted by atomic mass is 10.3. The number of anilines is 1. The lowest BCUT2D eigenvalue weighted by Gasteiger charge is -2.13. The van der Waals surface area contributed by atoms with Crippen LogP contribution in [0.4, 0.5) is 5.69 Å². The van der Waals surface area contributed by atoms with Crippen LogP contribution < -0.4 is 4.72 Å². The van der Waals surface area contributed by atoms with Crippen LogP contribution >= 0.6 is 11.6 Å². The number of benzene rings is 2. The van der Waals surface area contributed by atoms with Gasteiger partial charge in [0.25, 0.3) is 10.0 Å². The van der Waals surface area contributed by atoms with Gasteiger partial charge in [-0.2, -0.15) is 0 Å². The molecule has 6 nitrogen and oxygen atoms in total. The van der Waals surface area contributed by atoms with Gasteiger partial charge in [-0.15, -0.1) is 0 Å². The van der Waals surface area contributed by atoms with E-state index in [0.29, 0.717) is 0 Å². The van der Waals surface area contributed by atoms with Gasteiger partial charge in [0, 0.05) is 14.1 Å². The molecule has 0 amide bonds. The highest BCUT2D eigenvalue weighted by Crippen LogP contribution is 2.24. The molecule has 2 aromatic carbocycles. The second-order valence-corrected chi connectivity index (χ2v) is 9.06. The number of nitrogens with zero attached hydrogens (tertiary/aromatic N) is 1. The van der Waals surface area contributed by atoms with Crippen LogP contribution in [0.1, 0.15) is 0 Å². The topological polar surface area (TPSA) is 83.6 Å². The second kappa shape index (κ2) is 6.48. The molecule has 0 saturated heterocycles. The fourth-order valence-electron chi connectivity index (χ4n) is 1.80. The Balaban J connectivity index is 2.40. The van der Waals surface area contributed by atoms with E-state index in [2.05, 4.69) is 4.72 Å². The van der Waals surface area contributed by atoms with Crippen molar-refractivity contribution in [2.45, 2.75) is 9.79 Å². The molecule has 0 atom stereocenters. The minimum Gasteiger partial charge on any atom is -0.280 e. The Morgan fingerprint density at radius 3 is 2.22 bits per heavy atom. The fraction of sp³-hybridized carbons (Fsp3) is 0.143. The molecule has 0 unspecified atom stereocenters. The summed E-state index contributed by atoms with van der Waals surface area (Å²) in [6.07, 6.45) is 0. The fourth-order valence-corrected chi connectivity index (χ4v) is 4.32. The third-order valence-corrected chi connectivity index (χ3v) is 6.68. The Morgan fingerprint density at radius 1 is 0.957 bits per heavy atom. The van der Waals surface area contributed by atoms with E-state index in [1.165, 1.54) is 50.5 Å². The van der Waals surface area contributed by atoms with Gasteiger partial charge in [0.2, 0.25) is 10.0 Å². The largest absolute Gasteiger partial charge is 0.280 e. The predicted octanol–water partition coefficient (Wildman–Crippen LogP) is 2.39. The van der Waals surface area contributed by atoms with Crippen LogP contribution in [0.5, 0.6) is 0 Å². The molecular formula is C14H15ClN2O4S2. The summed E-state index contributed by atoms with van der Waals surface area (Å²) < 4.78 is 52.3. The van der Waals surface area contributed by atoms with Crippen molar-refractivity contribution in [2.75, 3.05) is 18.8 Å². The zero-order valence-electron chi connectivity index (χ0n) is 12.4. The predicted molar refractivity (Wildman–Crippen MR) is 89.6 cm³/mol. The van der Waals surface area contributed by atoms with Crippen LogP contribution in [-0.4, -0.2) is 35.2 Å². The zero-order chi connectivity index (χ0) is 17.3. The lowest BCUT2D eigenvalue weighted by molar-refractivity contribution is 0.521. The number of rotatable bonds is 5. The summed E-state index contributed by atoms with van der Waals surface area (Å²) in [5, 5.41) is 0.0806. The number of hydrogen-bond donors (Lipinski definition) is 1. The monoisotopic (exact) mass is 374 g/mol. The summed E-state index contributed by atoms with van der Waals surface area (Å²) >= 11 is 5.90. The van der Waals surface area contributed by atoms with Gasteiger partial charge in [-0.05, 0) is 30.3 Å². The van der Waals surface area contributed by atoms with Crippen molar-refractivity contribution in [3.63, 3.8) is 0 Å². The van der Waals surface area contributed by atoms with Gasteiger partial charge in [-0.1, -0.05) is 29.8 Å². The van der Waals surface area contributed by atoms with Gasteiger partial charge in [0.05, 0.1) is 15.6 Å². The maximum Gasteiger partial charge on any atom is 0.263 e. The standard InChI is InChI=1S/C14H15ClN2O4S2/c1-17(2)23(20,21)12-7-5-6-11(10-12)16-22(18,19)14-9-4-3-8-13(14)15/h3-10,16H,1-2H3. The van der Waals surface area contributed by atoms with E-state index in [1.807, 2.05) is 0 Å². The number of hydrogen-bond acceptors (Lipinski definition) is 4. The van der Waals surface area contributed by atoms with Crippen molar-refractivity contribution in [2.24, 2.45) is 0 Å². The maximum atomic E-state index is 12.4. The summed E-state index contributed by atoms with van der Waals surface area (Å²) in [6.45, 7) is 0. The first-order valence-electron chi connectivity index (χ1n) is 6.44. The summed E-state index contributed by atoms with van der Waals surface area (Å²) in [6, 6.07) is 11.6. The molecule has 0 bridgehead atoms. The van der Waals surface area contributed by atoms with Gasteiger partial charge in [0.15, 0.2) is 0 Å². The van der Waals surface area contributed by atoms with E-state index in [0.717, 1.165) is 4.31 Å². The van der Waals surface area contributed by atoms with Crippen molar-refractivity contribution in [3.8, 4) is 0 Å². The number of halogens is 1. The van der Waals surface area contributed by atoms with Crippen molar-refractivity contribution in [1.29, 1.82) is 0 Å². The van der Waals surface area contributed by atoms with Crippen molar-refractivity contribution in [1.82, 2.24) is 4.31 Å². The van der Waals surface area contributed by atoms with E-state index in [4.69, 9.17) is 11.6 Å². The molecule has 9 heteroatoms. The Bertz CT molecular complexity index is 925. The SMILES string of the molecule is CN(C)S(=O)(=O)c1cccc(NS(=O)(=O)c2ccccc2Cl)c1. The summed E-state index contributed by atoms with van der Waals surface area (Å²) in [4.78, 5) is -0.0932. The highest BCUT2D eigenvalue weighted by molar-refractivity contribution is 7.92. The number of nitrogens with one attached hydrogen (secondary N) is 1. The van der Waals surface area contributed by atoms with E-state index in [9.17, 15) is 16.8 Å². The average molecular weight is 375 g/mol. The van der Waals surface area contributed by atoms with Crippen LogP contribution in [0.2, 0.25) is 5.02 Å². The van der Waals surface area contributed by atoms with Gasteiger partial charge < -0.3 is 0 Å². The van der Waals surface area contributed by atoms with E-state index in [1.54, 1.807) is 12.1 Å². The van der Waals surface area contributed by atoms with Crippen molar-refractivity contribution >= 4 is 37.3 Å². The molecule has 0 aliphatic heterocycles. The average Bonchev–Trinajstić information content (AvgIpc) is 2.47. The molecular weight excluding hydrogens is 360 g/mol. The molecule has 0 heterocycles. The molecule has 0 saturated carbocycles. The summed E-state index contributed by atoms with van der Waals surface area (Å²) in [5.74, 6) is 0. The summed E-state index contributed by atoms with van der Waals surface area (Å²) in [5.41, 5.74) is 0.132. The molecule has 0 radical (unpaired) electrons. The second-order valence-electron chi connectivity index (χ2n) is 4.85. The zero-order valence-corrected chi connectivity index (χ0v) is 14.8. The first-order chi connectivity index (χ1) is 10.6. The Kier molecular flexibility index (Phi) is 5.00. The van der Waals surface area contributed by atoms with Crippen molar-refractivity contribution in [3.05, 3.63) is 53.6 Å². The quantitative estimate of drug-likeness (QED) is 0.870. The molecule has 23 heavy (non-hydrogen) atoms. The molecule has 0 aliphatic rings. The Morgan fingerprint density at radius 2 is 1.61 bits per heavy atom. The molecule has 0 aromatic heterocycles. The van der Waals surface area contributed by atoms with Gasteiger partial charge in [-0.25, -0.2) is 21.1 Å².